The molecule has 0 unspecified atom stereocenters. The maximum absolute atomic E-state index is 13.0. The number of carbonyl (C=O) groups is 3. The molecule has 0 saturated carbocycles. The number of rotatable bonds is 13. The number of carbonyl (C=O) groups excluding carboxylic acids is 1. The van der Waals surface area contributed by atoms with E-state index in [1.165, 1.54) is 17.7 Å². The molecule has 7 rings (SSSR count). The Hall–Kier alpha value is -4.41. The minimum atomic E-state index is -1.11. The monoisotopic (exact) mass is 720 g/mol. The van der Waals surface area contributed by atoms with E-state index in [0.29, 0.717) is 12.1 Å². The number of halogens is 2. The zero-order chi connectivity index (χ0) is 33.9. The quantitative estimate of drug-likeness (QED) is 0.0793. The number of hydrogen-bond acceptors (Lipinski definition) is 5. The normalized spacial score (nSPS) is 20.5. The average molecular weight is 722 g/mol. The molecule has 3 aliphatic rings. The largest absolute Gasteiger partial charge is 1.00 e. The highest BCUT2D eigenvalue weighted by Gasteiger charge is 2.49. The molecule has 3 aliphatic heterocycles. The maximum atomic E-state index is 13.0. The van der Waals surface area contributed by atoms with Gasteiger partial charge in [-0.1, -0.05) is 78.9 Å². The first-order valence-corrected chi connectivity index (χ1v) is 16.5. The molecule has 3 fully saturated rings. The number of phenols is 2. The lowest BCUT2D eigenvalue weighted by Gasteiger charge is -2.55. The molecular formula is C39H42Cl2N2O7. The van der Waals surface area contributed by atoms with Gasteiger partial charge in [-0.2, -0.15) is 0 Å². The third-order valence-corrected chi connectivity index (χ3v) is 10.6. The molecule has 0 aliphatic carbocycles. The van der Waals surface area contributed by atoms with Crippen LogP contribution in [-0.4, -0.2) is 92.9 Å². The zero-order valence-corrected chi connectivity index (χ0v) is 29.1. The zero-order valence-electron chi connectivity index (χ0n) is 27.6. The van der Waals surface area contributed by atoms with E-state index in [1.54, 1.807) is 6.07 Å². The topological polar surface area (TPSA) is 132 Å². The lowest BCUT2D eigenvalue weighted by Crippen LogP contribution is -3.00. The third kappa shape index (κ3) is 8.65. The number of Topliss-reactive ketones (excluding diaryl/α,β-unsaturated/α-hetero) is 1. The number of hydrogen-bond donors (Lipinski definition) is 4. The van der Waals surface area contributed by atoms with Crippen LogP contribution in [0, 0.1) is 11.8 Å². The fourth-order valence-electron chi connectivity index (χ4n) is 7.46. The second kappa shape index (κ2) is 16.1. The Bertz CT molecular complexity index is 1780. The van der Waals surface area contributed by atoms with Crippen LogP contribution >= 0.6 is 0 Å². The summed E-state index contributed by atoms with van der Waals surface area (Å²) in [4.78, 5) is 37.3. The van der Waals surface area contributed by atoms with Crippen molar-refractivity contribution in [3.8, 4) is 22.6 Å². The van der Waals surface area contributed by atoms with E-state index in [1.807, 2.05) is 54.6 Å². The van der Waals surface area contributed by atoms with Crippen LogP contribution in [0.25, 0.3) is 11.1 Å². The van der Waals surface area contributed by atoms with Crippen LogP contribution in [0.2, 0.25) is 0 Å². The van der Waals surface area contributed by atoms with Gasteiger partial charge in [0.15, 0.2) is 11.5 Å². The molecule has 3 saturated heterocycles. The molecule has 2 bridgehead atoms. The summed E-state index contributed by atoms with van der Waals surface area (Å²) in [7, 11) is 0. The summed E-state index contributed by atoms with van der Waals surface area (Å²) in [6.45, 7) is 7.15. The van der Waals surface area contributed by atoms with Crippen molar-refractivity contribution in [2.75, 3.05) is 45.8 Å². The Labute approximate surface area is 304 Å². The van der Waals surface area contributed by atoms with Gasteiger partial charge in [0, 0.05) is 11.1 Å². The summed E-state index contributed by atoms with van der Waals surface area (Å²) in [6, 6.07) is 29.7. The minimum absolute atomic E-state index is 0. The smallest absolute Gasteiger partial charge is 0.307 e. The van der Waals surface area contributed by atoms with Gasteiger partial charge < -0.3 is 54.2 Å². The fourth-order valence-corrected chi connectivity index (χ4v) is 7.46. The summed E-state index contributed by atoms with van der Waals surface area (Å²) in [5.41, 5.74) is 5.33. The maximum Gasteiger partial charge on any atom is 0.307 e. The number of nitrogens with zero attached hydrogens (tertiary/aromatic N) is 2. The number of quaternary nitrogens is 2. The lowest BCUT2D eigenvalue weighted by molar-refractivity contribution is -1.08. The molecule has 0 aromatic heterocycles. The van der Waals surface area contributed by atoms with E-state index in [9.17, 15) is 34.8 Å². The highest BCUT2D eigenvalue weighted by molar-refractivity contribution is 5.97. The van der Waals surface area contributed by atoms with Crippen LogP contribution in [0.3, 0.4) is 0 Å². The van der Waals surface area contributed by atoms with E-state index < -0.39 is 23.8 Å². The standard InChI is InChI=1S/C39H40N2O7.2ClH/c42-35-15-14-32(24-36(35)43)37(44)26-41-19-16-40(17-20-41,18-21-41)25-29-8-12-31(13-9-29)30-10-6-28(7-11-30)23-34(39(47)48)33(38(45)46)22-27-4-2-1-3-5-27;;/h1-15,24,33-34H,16-23,25-26H2,(H2-2,42,43,44,45,46,47,48);2*1H/t33-,34-,40?,41?;;/m0../s1. The molecule has 0 spiro atoms. The second-order valence-corrected chi connectivity index (χ2v) is 13.6. The molecule has 4 aromatic rings. The van der Waals surface area contributed by atoms with Crippen LogP contribution in [-0.2, 0) is 29.0 Å². The number of benzene rings is 4. The van der Waals surface area contributed by atoms with Crippen LogP contribution in [0.1, 0.15) is 27.0 Å². The summed E-state index contributed by atoms with van der Waals surface area (Å²) in [5, 5.41) is 39.3. The van der Waals surface area contributed by atoms with Crippen LogP contribution in [0.5, 0.6) is 11.5 Å². The number of carboxylic acid groups (broad SMARTS) is 2. The molecule has 9 nitrogen and oxygen atoms in total. The van der Waals surface area contributed by atoms with Gasteiger partial charge in [0.2, 0.25) is 5.78 Å². The molecule has 11 heteroatoms. The first-order chi connectivity index (χ1) is 23.0. The lowest BCUT2D eigenvalue weighted by atomic mass is 9.82. The van der Waals surface area contributed by atoms with E-state index >= 15 is 0 Å². The molecule has 4 aromatic carbocycles. The van der Waals surface area contributed by atoms with Crippen LogP contribution in [0.15, 0.2) is 97.1 Å². The number of ketones is 1. The number of aromatic hydroxyl groups is 2. The van der Waals surface area contributed by atoms with Gasteiger partial charge in [-0.15, -0.1) is 0 Å². The molecule has 2 atom stereocenters. The molecular weight excluding hydrogens is 679 g/mol. The highest BCUT2D eigenvalue weighted by atomic mass is 35.5. The number of carboxylic acids is 2. The Morgan fingerprint density at radius 2 is 1.02 bits per heavy atom. The molecule has 50 heavy (non-hydrogen) atoms. The van der Waals surface area contributed by atoms with Crippen molar-refractivity contribution >= 4 is 17.7 Å². The van der Waals surface area contributed by atoms with Crippen molar-refractivity contribution in [3.05, 3.63) is 119 Å². The van der Waals surface area contributed by atoms with Crippen molar-refractivity contribution in [3.63, 3.8) is 0 Å². The molecule has 0 radical (unpaired) electrons. The van der Waals surface area contributed by atoms with Gasteiger partial charge >= 0.3 is 11.9 Å². The minimum Gasteiger partial charge on any atom is -1.00 e. The number of fused-ring (bicyclic) bond motifs is 3. The highest BCUT2D eigenvalue weighted by Crippen LogP contribution is 2.32. The summed E-state index contributed by atoms with van der Waals surface area (Å²) in [5.74, 6) is -4.82. The Morgan fingerprint density at radius 3 is 1.50 bits per heavy atom. The molecule has 4 N–H and O–H groups in total. The van der Waals surface area contributed by atoms with Crippen molar-refractivity contribution in [1.29, 1.82) is 0 Å². The molecule has 3 heterocycles. The van der Waals surface area contributed by atoms with E-state index in [-0.39, 0.29) is 54.9 Å². The SMILES string of the molecule is O=C(C[N+]12CC[N+](Cc3ccc(-c4ccc(C[C@H](C(=O)O)[C@H](Cc5ccccc5)C(=O)O)cc4)cc3)(CC1)CC2)c1ccc(O)c(O)c1.[Cl-].[Cl-]. The van der Waals surface area contributed by atoms with Gasteiger partial charge in [0.05, 0.1) is 11.8 Å². The van der Waals surface area contributed by atoms with Gasteiger partial charge in [-0.25, -0.2) is 0 Å². The summed E-state index contributed by atoms with van der Waals surface area (Å²) < 4.78 is 1.78. The fraction of sp³-hybridized carbons (Fsp3) is 0.308. The number of aliphatic carboxylic acids is 2. The molecule has 0 amide bonds. The Kier molecular flexibility index (Phi) is 12.3. The van der Waals surface area contributed by atoms with Crippen LogP contribution in [0.4, 0.5) is 0 Å². The van der Waals surface area contributed by atoms with Crippen molar-refractivity contribution in [2.24, 2.45) is 11.8 Å². The predicted molar refractivity (Wildman–Crippen MR) is 180 cm³/mol. The van der Waals surface area contributed by atoms with Crippen molar-refractivity contribution in [2.45, 2.75) is 19.4 Å². The third-order valence-electron chi connectivity index (χ3n) is 10.6. The summed E-state index contributed by atoms with van der Waals surface area (Å²) >= 11 is 0. The summed E-state index contributed by atoms with van der Waals surface area (Å²) in [6.07, 6.45) is 0.289. The van der Waals surface area contributed by atoms with Gasteiger partial charge in [0.1, 0.15) is 52.4 Å². The first kappa shape index (κ1) is 38.4. The number of piperazine rings is 3. The Balaban J connectivity index is 0.00000281. The van der Waals surface area contributed by atoms with Crippen molar-refractivity contribution in [1.82, 2.24) is 0 Å². The van der Waals surface area contributed by atoms with Gasteiger partial charge in [-0.05, 0) is 53.3 Å². The van der Waals surface area contributed by atoms with E-state index in [2.05, 4.69) is 24.3 Å². The second-order valence-electron chi connectivity index (χ2n) is 13.6. The van der Waals surface area contributed by atoms with E-state index in [0.717, 1.165) is 77.0 Å². The van der Waals surface area contributed by atoms with E-state index in [4.69, 9.17) is 0 Å². The number of phenolic OH excluding ortho intramolecular Hbond substituents is 2. The van der Waals surface area contributed by atoms with Gasteiger partial charge in [0.25, 0.3) is 0 Å². The van der Waals surface area contributed by atoms with Crippen LogP contribution < -0.4 is 24.8 Å². The van der Waals surface area contributed by atoms with Crippen molar-refractivity contribution < 1.29 is 68.6 Å². The molecule has 264 valence electrons. The first-order valence-electron chi connectivity index (χ1n) is 16.5. The average Bonchev–Trinajstić information content (AvgIpc) is 3.09. The predicted octanol–water partition coefficient (Wildman–Crippen LogP) is -0.997. The Morgan fingerprint density at radius 1 is 0.560 bits per heavy atom. The van der Waals surface area contributed by atoms with Gasteiger partial charge in [-0.3, -0.25) is 14.4 Å².